The lowest BCUT2D eigenvalue weighted by atomic mass is 10.2. The topological polar surface area (TPSA) is 6.48 Å². The van der Waals surface area contributed by atoms with Crippen molar-refractivity contribution in [1.82, 2.24) is 9.80 Å². The van der Waals surface area contributed by atoms with Crippen LogP contribution in [0.15, 0.2) is 35.5 Å². The van der Waals surface area contributed by atoms with Gasteiger partial charge in [-0.1, -0.05) is 44.2 Å². The second kappa shape index (κ2) is 8.37. The zero-order valence-corrected chi connectivity index (χ0v) is 12.3. The molecule has 0 unspecified atom stereocenters. The van der Waals surface area contributed by atoms with E-state index >= 15 is 0 Å². The van der Waals surface area contributed by atoms with Crippen LogP contribution in [-0.2, 0) is 0 Å². The van der Waals surface area contributed by atoms with Gasteiger partial charge in [-0.25, -0.2) is 0 Å². The minimum atomic E-state index is 0.701. The first-order valence-corrected chi connectivity index (χ1v) is 6.54. The summed E-state index contributed by atoms with van der Waals surface area (Å²) in [6.45, 7) is 17.9. The number of hydrogen-bond acceptors (Lipinski definition) is 2. The molecule has 3 heteroatoms. The van der Waals surface area contributed by atoms with E-state index in [4.69, 9.17) is 11.6 Å². The Hall–Kier alpha value is -0.730. The summed E-state index contributed by atoms with van der Waals surface area (Å²) in [6, 6.07) is 0. The van der Waals surface area contributed by atoms with E-state index in [2.05, 4.69) is 30.0 Å². The van der Waals surface area contributed by atoms with Crippen molar-refractivity contribution >= 4 is 11.6 Å². The molecule has 1 fully saturated rings. The maximum absolute atomic E-state index is 6.14. The van der Waals surface area contributed by atoms with Crippen LogP contribution in [0.2, 0.25) is 0 Å². The molecule has 1 aliphatic rings. The lowest BCUT2D eigenvalue weighted by molar-refractivity contribution is 0.190. The third-order valence-electron chi connectivity index (χ3n) is 2.53. The number of allylic oxidation sites excluding steroid dienone is 3. The summed E-state index contributed by atoms with van der Waals surface area (Å²) in [5, 5.41) is 0.701. The summed E-state index contributed by atoms with van der Waals surface area (Å²) in [6.07, 6.45) is 1.86. The van der Waals surface area contributed by atoms with E-state index < -0.39 is 0 Å². The molecule has 0 spiro atoms. The quantitative estimate of drug-likeness (QED) is 0.714. The average Bonchev–Trinajstić information content (AvgIpc) is 2.31. The summed E-state index contributed by atoms with van der Waals surface area (Å²) < 4.78 is 0. The number of likely N-dealkylation sites (N-methyl/N-ethyl adjacent to an activating group) is 1. The maximum atomic E-state index is 6.14. The smallest absolute Gasteiger partial charge is 0.0635 e. The number of rotatable bonds is 3. The highest BCUT2D eigenvalue weighted by Gasteiger charge is 2.16. The predicted molar refractivity (Wildman–Crippen MR) is 78.3 cm³/mol. The highest BCUT2D eigenvalue weighted by molar-refractivity contribution is 6.32. The van der Waals surface area contributed by atoms with Crippen molar-refractivity contribution < 1.29 is 0 Å². The van der Waals surface area contributed by atoms with Crippen molar-refractivity contribution in [2.45, 2.75) is 20.8 Å². The van der Waals surface area contributed by atoms with Crippen LogP contribution < -0.4 is 0 Å². The van der Waals surface area contributed by atoms with E-state index in [1.165, 1.54) is 0 Å². The fourth-order valence-corrected chi connectivity index (χ4v) is 1.83. The summed E-state index contributed by atoms with van der Waals surface area (Å²) in [7, 11) is 2.13. The zero-order chi connectivity index (χ0) is 13.4. The second-order valence-corrected chi connectivity index (χ2v) is 4.48. The SMILES string of the molecule is C=C(C)/C=C(/Cl)C(=C)N1CCN(C)CC1.CC. The van der Waals surface area contributed by atoms with Gasteiger partial charge in [0.25, 0.3) is 0 Å². The first kappa shape index (κ1) is 16.3. The van der Waals surface area contributed by atoms with E-state index in [9.17, 15) is 0 Å². The molecule has 0 atom stereocenters. The maximum Gasteiger partial charge on any atom is 0.0635 e. The summed E-state index contributed by atoms with van der Waals surface area (Å²) >= 11 is 6.14. The van der Waals surface area contributed by atoms with E-state index in [1.54, 1.807) is 0 Å². The molecule has 0 aromatic carbocycles. The van der Waals surface area contributed by atoms with Gasteiger partial charge in [0.2, 0.25) is 0 Å². The Bertz CT molecular complexity index is 287. The molecule has 98 valence electrons. The van der Waals surface area contributed by atoms with Crippen molar-refractivity contribution in [1.29, 1.82) is 0 Å². The van der Waals surface area contributed by atoms with Crippen LogP contribution in [0.5, 0.6) is 0 Å². The van der Waals surface area contributed by atoms with Gasteiger partial charge in [0.1, 0.15) is 0 Å². The molecule has 0 radical (unpaired) electrons. The van der Waals surface area contributed by atoms with Crippen LogP contribution in [0.4, 0.5) is 0 Å². The van der Waals surface area contributed by atoms with Gasteiger partial charge in [-0.2, -0.15) is 0 Å². The highest BCUT2D eigenvalue weighted by atomic mass is 35.5. The molecule has 1 heterocycles. The van der Waals surface area contributed by atoms with Gasteiger partial charge in [0.15, 0.2) is 0 Å². The molecule has 1 rings (SSSR count). The molecule has 0 aromatic heterocycles. The minimum absolute atomic E-state index is 0.701. The molecule has 0 aromatic rings. The number of nitrogens with zero attached hydrogens (tertiary/aromatic N) is 2. The third-order valence-corrected chi connectivity index (χ3v) is 2.86. The molecular weight excluding hydrogens is 232 g/mol. The van der Waals surface area contributed by atoms with Crippen LogP contribution in [0, 0.1) is 0 Å². The van der Waals surface area contributed by atoms with Crippen molar-refractivity contribution in [2.24, 2.45) is 0 Å². The minimum Gasteiger partial charge on any atom is -0.368 e. The Balaban J connectivity index is 0.00000121. The Morgan fingerprint density at radius 3 is 2.00 bits per heavy atom. The van der Waals surface area contributed by atoms with E-state index in [0.717, 1.165) is 37.4 Å². The Labute approximate surface area is 111 Å². The molecule has 2 nitrogen and oxygen atoms in total. The van der Waals surface area contributed by atoms with Crippen LogP contribution >= 0.6 is 11.6 Å². The zero-order valence-electron chi connectivity index (χ0n) is 11.6. The van der Waals surface area contributed by atoms with Gasteiger partial charge in [-0.05, 0) is 20.0 Å². The Kier molecular flexibility index (Phi) is 8.01. The van der Waals surface area contributed by atoms with Crippen LogP contribution in [-0.4, -0.2) is 43.0 Å². The Morgan fingerprint density at radius 2 is 1.59 bits per heavy atom. The van der Waals surface area contributed by atoms with Crippen LogP contribution in [0.1, 0.15) is 20.8 Å². The molecule has 0 saturated carbocycles. The highest BCUT2D eigenvalue weighted by Crippen LogP contribution is 2.20. The first-order valence-electron chi connectivity index (χ1n) is 6.16. The fourth-order valence-electron chi connectivity index (χ4n) is 1.53. The van der Waals surface area contributed by atoms with Crippen molar-refractivity contribution in [3.05, 3.63) is 35.5 Å². The van der Waals surface area contributed by atoms with Crippen molar-refractivity contribution in [3.8, 4) is 0 Å². The van der Waals surface area contributed by atoms with Gasteiger partial charge >= 0.3 is 0 Å². The predicted octanol–water partition coefficient (Wildman–Crippen LogP) is 3.47. The molecular formula is C14H25ClN2. The number of halogens is 1. The molecule has 0 N–H and O–H groups in total. The van der Waals surface area contributed by atoms with Crippen LogP contribution in [0.3, 0.4) is 0 Å². The van der Waals surface area contributed by atoms with Gasteiger partial charge < -0.3 is 9.80 Å². The third kappa shape index (κ3) is 5.94. The van der Waals surface area contributed by atoms with Gasteiger partial charge in [0.05, 0.1) is 5.03 Å². The van der Waals surface area contributed by atoms with Gasteiger partial charge in [-0.15, -0.1) is 0 Å². The summed E-state index contributed by atoms with van der Waals surface area (Å²) in [5.41, 5.74) is 1.86. The molecule has 0 bridgehead atoms. The van der Waals surface area contributed by atoms with E-state index in [0.29, 0.717) is 5.03 Å². The fraction of sp³-hybridized carbons (Fsp3) is 0.571. The van der Waals surface area contributed by atoms with Crippen molar-refractivity contribution in [3.63, 3.8) is 0 Å². The summed E-state index contributed by atoms with van der Waals surface area (Å²) in [4.78, 5) is 4.53. The first-order chi connectivity index (χ1) is 8.00. The van der Waals surface area contributed by atoms with Gasteiger partial charge in [0, 0.05) is 31.9 Å². The lowest BCUT2D eigenvalue weighted by Gasteiger charge is -2.35. The molecule has 1 aliphatic heterocycles. The van der Waals surface area contributed by atoms with Gasteiger partial charge in [-0.3, -0.25) is 0 Å². The summed E-state index contributed by atoms with van der Waals surface area (Å²) in [5.74, 6) is 0. The molecule has 0 amide bonds. The molecule has 17 heavy (non-hydrogen) atoms. The van der Waals surface area contributed by atoms with Crippen LogP contribution in [0.25, 0.3) is 0 Å². The largest absolute Gasteiger partial charge is 0.368 e. The van der Waals surface area contributed by atoms with E-state index in [1.807, 2.05) is 26.8 Å². The molecule has 1 saturated heterocycles. The average molecular weight is 257 g/mol. The number of hydrogen-bond donors (Lipinski definition) is 0. The lowest BCUT2D eigenvalue weighted by Crippen LogP contribution is -2.43. The monoisotopic (exact) mass is 256 g/mol. The Morgan fingerprint density at radius 1 is 1.12 bits per heavy atom. The number of piperazine rings is 1. The molecule has 0 aliphatic carbocycles. The van der Waals surface area contributed by atoms with E-state index in [-0.39, 0.29) is 0 Å². The standard InChI is InChI=1S/C12H19ClN2.C2H6/c1-10(2)9-12(13)11(3)15-7-5-14(4)6-8-15;1-2/h9H,1,3,5-8H2,2,4H3;1-2H3/b12-9+;. The second-order valence-electron chi connectivity index (χ2n) is 4.08. The normalized spacial score (nSPS) is 17.2. The van der Waals surface area contributed by atoms with Crippen molar-refractivity contribution in [2.75, 3.05) is 33.2 Å².